The Morgan fingerprint density at radius 3 is 2.52 bits per heavy atom. The molecule has 0 atom stereocenters. The number of aromatic nitrogens is 2. The number of nitrogens with zero attached hydrogens (tertiary/aromatic N) is 2. The molecular weight excluding hydrogens is 380 g/mol. The number of ether oxygens (including phenoxy) is 1. The largest absolute Gasteiger partial charge is 0.495 e. The molecule has 5 nitrogen and oxygen atoms in total. The molecule has 0 N–H and O–H groups in total. The first-order chi connectivity index (χ1) is 10.8. The van der Waals surface area contributed by atoms with Crippen LogP contribution in [0, 0.1) is 13.8 Å². The molecule has 0 amide bonds. The van der Waals surface area contributed by atoms with Crippen LogP contribution in [-0.4, -0.2) is 24.5 Å². The molecule has 2 aromatic carbocycles. The van der Waals surface area contributed by atoms with E-state index in [9.17, 15) is 8.42 Å². The van der Waals surface area contributed by atoms with E-state index in [1.807, 2.05) is 26.0 Å². The zero-order valence-corrected chi connectivity index (χ0v) is 15.3. The molecule has 1 heterocycles. The fourth-order valence-electron chi connectivity index (χ4n) is 2.39. The number of hydrogen-bond acceptors (Lipinski definition) is 4. The van der Waals surface area contributed by atoms with E-state index < -0.39 is 10.0 Å². The average molecular weight is 395 g/mol. The van der Waals surface area contributed by atoms with Gasteiger partial charge in [-0.05, 0) is 55.3 Å². The summed E-state index contributed by atoms with van der Waals surface area (Å²) in [5, 5.41) is 0. The maximum Gasteiger partial charge on any atom is 0.273 e. The number of rotatable bonds is 3. The van der Waals surface area contributed by atoms with Crippen molar-refractivity contribution in [1.82, 2.24) is 8.96 Å². The number of imidazole rings is 1. The second-order valence-electron chi connectivity index (χ2n) is 5.27. The summed E-state index contributed by atoms with van der Waals surface area (Å²) < 4.78 is 33.2. The Kier molecular flexibility index (Phi) is 3.93. The van der Waals surface area contributed by atoms with Crippen molar-refractivity contribution in [2.45, 2.75) is 18.7 Å². The molecule has 0 spiro atoms. The van der Waals surface area contributed by atoms with Gasteiger partial charge in [0, 0.05) is 4.47 Å². The second-order valence-corrected chi connectivity index (χ2v) is 7.96. The van der Waals surface area contributed by atoms with Crippen LogP contribution in [0.2, 0.25) is 0 Å². The minimum atomic E-state index is -3.80. The second kappa shape index (κ2) is 5.65. The number of hydrogen-bond donors (Lipinski definition) is 0. The Labute approximate surface area is 143 Å². The van der Waals surface area contributed by atoms with Crippen LogP contribution >= 0.6 is 15.9 Å². The predicted molar refractivity (Wildman–Crippen MR) is 92.5 cm³/mol. The van der Waals surface area contributed by atoms with Crippen LogP contribution < -0.4 is 4.74 Å². The van der Waals surface area contributed by atoms with Gasteiger partial charge < -0.3 is 4.74 Å². The minimum Gasteiger partial charge on any atom is -0.495 e. The maximum atomic E-state index is 13.0. The first-order valence-corrected chi connectivity index (χ1v) is 9.11. The normalized spacial score (nSPS) is 11.8. The van der Waals surface area contributed by atoms with E-state index in [2.05, 4.69) is 20.9 Å². The van der Waals surface area contributed by atoms with Gasteiger partial charge in [-0.25, -0.2) is 17.4 Å². The first-order valence-electron chi connectivity index (χ1n) is 6.88. The topological polar surface area (TPSA) is 61.2 Å². The molecule has 0 saturated carbocycles. The molecule has 7 heteroatoms. The van der Waals surface area contributed by atoms with E-state index in [0.29, 0.717) is 11.0 Å². The number of benzene rings is 2. The summed E-state index contributed by atoms with van der Waals surface area (Å²) in [6.07, 6.45) is 1.33. The van der Waals surface area contributed by atoms with Crippen LogP contribution in [0.5, 0.6) is 5.75 Å². The summed E-state index contributed by atoms with van der Waals surface area (Å²) >= 11 is 3.32. The Hall–Kier alpha value is -1.86. The quantitative estimate of drug-likeness (QED) is 0.679. The fraction of sp³-hybridized carbons (Fsp3) is 0.188. The van der Waals surface area contributed by atoms with E-state index in [1.54, 1.807) is 12.1 Å². The van der Waals surface area contributed by atoms with E-state index in [0.717, 1.165) is 15.6 Å². The van der Waals surface area contributed by atoms with Crippen molar-refractivity contribution in [3.8, 4) is 5.75 Å². The summed E-state index contributed by atoms with van der Waals surface area (Å²) in [5.41, 5.74) is 3.28. The molecule has 0 aliphatic carbocycles. The average Bonchev–Trinajstić information content (AvgIpc) is 2.90. The summed E-state index contributed by atoms with van der Waals surface area (Å²) in [5.74, 6) is 0.282. The van der Waals surface area contributed by atoms with Gasteiger partial charge in [-0.2, -0.15) is 0 Å². The Bertz CT molecular complexity index is 1010. The Morgan fingerprint density at radius 1 is 1.13 bits per heavy atom. The number of methoxy groups -OCH3 is 1. The SMILES string of the molecule is COc1cc(Br)ccc1S(=O)(=O)n1cnc2cc(C)c(C)cc21. The molecule has 0 aliphatic rings. The van der Waals surface area contributed by atoms with Crippen LogP contribution in [0.3, 0.4) is 0 Å². The van der Waals surface area contributed by atoms with E-state index in [4.69, 9.17) is 4.74 Å². The highest BCUT2D eigenvalue weighted by atomic mass is 79.9. The van der Waals surface area contributed by atoms with Gasteiger partial charge in [-0.15, -0.1) is 0 Å². The highest BCUT2D eigenvalue weighted by molar-refractivity contribution is 9.10. The van der Waals surface area contributed by atoms with Crippen LogP contribution in [0.25, 0.3) is 11.0 Å². The summed E-state index contributed by atoms with van der Waals surface area (Å²) in [4.78, 5) is 4.32. The Balaban J connectivity index is 2.27. The molecule has 1 aromatic heterocycles. The molecule has 0 saturated heterocycles. The van der Waals surface area contributed by atoms with Gasteiger partial charge in [-0.3, -0.25) is 0 Å². The smallest absolute Gasteiger partial charge is 0.273 e. The van der Waals surface area contributed by atoms with Crippen LogP contribution in [0.15, 0.2) is 46.0 Å². The molecular formula is C16H15BrN2O3S. The Morgan fingerprint density at radius 2 is 1.83 bits per heavy atom. The third kappa shape index (κ3) is 2.64. The standard InChI is InChI=1S/C16H15BrN2O3S/c1-10-6-13-14(7-11(10)2)19(9-18-13)23(20,21)16-5-4-12(17)8-15(16)22-3/h4-9H,1-3H3. The molecule has 0 unspecified atom stereocenters. The lowest BCUT2D eigenvalue weighted by atomic mass is 10.1. The highest BCUT2D eigenvalue weighted by Gasteiger charge is 2.24. The van der Waals surface area contributed by atoms with Gasteiger partial charge in [-0.1, -0.05) is 15.9 Å². The minimum absolute atomic E-state index is 0.0979. The monoisotopic (exact) mass is 394 g/mol. The van der Waals surface area contributed by atoms with Crippen molar-refractivity contribution in [2.75, 3.05) is 7.11 Å². The van der Waals surface area contributed by atoms with Crippen molar-refractivity contribution >= 4 is 37.0 Å². The van der Waals surface area contributed by atoms with E-state index in [1.165, 1.54) is 23.5 Å². The van der Waals surface area contributed by atoms with Crippen molar-refractivity contribution in [2.24, 2.45) is 0 Å². The lowest BCUT2D eigenvalue weighted by molar-refractivity contribution is 0.402. The molecule has 0 bridgehead atoms. The fourth-order valence-corrected chi connectivity index (χ4v) is 4.16. The van der Waals surface area contributed by atoms with E-state index in [-0.39, 0.29) is 10.6 Å². The lowest BCUT2D eigenvalue weighted by Crippen LogP contribution is -2.13. The van der Waals surface area contributed by atoms with Gasteiger partial charge >= 0.3 is 0 Å². The number of fused-ring (bicyclic) bond motifs is 1. The van der Waals surface area contributed by atoms with E-state index >= 15 is 0 Å². The van der Waals surface area contributed by atoms with Crippen LogP contribution in [0.4, 0.5) is 0 Å². The number of aryl methyl sites for hydroxylation is 2. The third-order valence-electron chi connectivity index (χ3n) is 3.79. The molecule has 0 aliphatic heterocycles. The molecule has 0 fully saturated rings. The summed E-state index contributed by atoms with van der Waals surface area (Å²) in [7, 11) is -2.36. The number of halogens is 1. The van der Waals surface area contributed by atoms with Gasteiger partial charge in [0.1, 0.15) is 17.0 Å². The van der Waals surface area contributed by atoms with Crippen molar-refractivity contribution in [3.63, 3.8) is 0 Å². The van der Waals surface area contributed by atoms with Crippen molar-refractivity contribution < 1.29 is 13.2 Å². The van der Waals surface area contributed by atoms with Gasteiger partial charge in [0.05, 0.1) is 18.1 Å². The lowest BCUT2D eigenvalue weighted by Gasteiger charge is -2.11. The summed E-state index contributed by atoms with van der Waals surface area (Å²) in [6.45, 7) is 3.92. The predicted octanol–water partition coefficient (Wildman–Crippen LogP) is 3.66. The molecule has 3 aromatic rings. The maximum absolute atomic E-state index is 13.0. The molecule has 120 valence electrons. The molecule has 23 heavy (non-hydrogen) atoms. The highest BCUT2D eigenvalue weighted by Crippen LogP contribution is 2.31. The van der Waals surface area contributed by atoms with Gasteiger partial charge in [0.15, 0.2) is 0 Å². The first kappa shape index (κ1) is 16.0. The zero-order chi connectivity index (χ0) is 16.8. The summed E-state index contributed by atoms with van der Waals surface area (Å²) in [6, 6.07) is 8.53. The van der Waals surface area contributed by atoms with Crippen molar-refractivity contribution in [1.29, 1.82) is 0 Å². The van der Waals surface area contributed by atoms with Gasteiger partial charge in [0.2, 0.25) is 0 Å². The van der Waals surface area contributed by atoms with Crippen molar-refractivity contribution in [3.05, 3.63) is 52.3 Å². The third-order valence-corrected chi connectivity index (χ3v) is 5.99. The van der Waals surface area contributed by atoms with Gasteiger partial charge in [0.25, 0.3) is 10.0 Å². The van der Waals surface area contributed by atoms with Crippen LogP contribution in [0.1, 0.15) is 11.1 Å². The molecule has 0 radical (unpaired) electrons. The zero-order valence-electron chi connectivity index (χ0n) is 12.9. The van der Waals surface area contributed by atoms with Crippen LogP contribution in [-0.2, 0) is 10.0 Å². The molecule has 3 rings (SSSR count).